The van der Waals surface area contributed by atoms with E-state index in [0.717, 1.165) is 12.8 Å². The second kappa shape index (κ2) is 6.68. The van der Waals surface area contributed by atoms with Crippen LogP contribution >= 0.6 is 15.9 Å². The number of hydrogen-bond donors (Lipinski definition) is 1. The molecule has 1 heterocycles. The number of sulfonamides is 1. The summed E-state index contributed by atoms with van der Waals surface area (Å²) in [6.45, 7) is 1.71. The summed E-state index contributed by atoms with van der Waals surface area (Å²) in [6.07, 6.45) is 5.98. The van der Waals surface area contributed by atoms with Gasteiger partial charge in [0.2, 0.25) is 10.0 Å². The SMILES string of the molecule is O=S(=O)(NCC1CCCCC1Br)C1CCOCC1. The molecule has 0 spiro atoms. The van der Waals surface area contributed by atoms with Crippen molar-refractivity contribution in [3.63, 3.8) is 0 Å². The van der Waals surface area contributed by atoms with Crippen LogP contribution in [0.2, 0.25) is 0 Å². The molecular weight excluding hydrogens is 318 g/mol. The molecule has 1 saturated carbocycles. The van der Waals surface area contributed by atoms with Crippen LogP contribution in [0.1, 0.15) is 38.5 Å². The minimum Gasteiger partial charge on any atom is -0.381 e. The molecule has 0 aromatic heterocycles. The first kappa shape index (κ1) is 14.8. The van der Waals surface area contributed by atoms with E-state index in [1.54, 1.807) is 0 Å². The third kappa shape index (κ3) is 3.92. The van der Waals surface area contributed by atoms with Crippen molar-refractivity contribution in [2.45, 2.75) is 48.6 Å². The van der Waals surface area contributed by atoms with Crippen LogP contribution < -0.4 is 4.72 Å². The van der Waals surface area contributed by atoms with Gasteiger partial charge in [0.1, 0.15) is 0 Å². The monoisotopic (exact) mass is 339 g/mol. The third-order valence-electron chi connectivity index (χ3n) is 3.97. The van der Waals surface area contributed by atoms with Crippen LogP contribution in [0.3, 0.4) is 0 Å². The zero-order chi connectivity index (χ0) is 13.0. The van der Waals surface area contributed by atoms with Crippen LogP contribution in [0.25, 0.3) is 0 Å². The van der Waals surface area contributed by atoms with Crippen molar-refractivity contribution in [3.8, 4) is 0 Å². The van der Waals surface area contributed by atoms with Gasteiger partial charge < -0.3 is 4.74 Å². The lowest BCUT2D eigenvalue weighted by molar-refractivity contribution is 0.0981. The van der Waals surface area contributed by atoms with Crippen LogP contribution in [0.5, 0.6) is 0 Å². The Kier molecular flexibility index (Phi) is 5.47. The fraction of sp³-hybridized carbons (Fsp3) is 1.00. The molecule has 1 aliphatic carbocycles. The van der Waals surface area contributed by atoms with E-state index in [2.05, 4.69) is 20.7 Å². The molecule has 2 atom stereocenters. The minimum atomic E-state index is -3.16. The summed E-state index contributed by atoms with van der Waals surface area (Å²) in [4.78, 5) is 0.462. The predicted molar refractivity (Wildman–Crippen MR) is 75.4 cm³/mol. The summed E-state index contributed by atoms with van der Waals surface area (Å²) in [5.41, 5.74) is 0. The Labute approximate surface area is 118 Å². The van der Waals surface area contributed by atoms with E-state index in [4.69, 9.17) is 4.74 Å². The summed E-state index contributed by atoms with van der Waals surface area (Å²) in [6, 6.07) is 0. The number of alkyl halides is 1. The first-order valence-electron chi connectivity index (χ1n) is 6.80. The first-order valence-corrected chi connectivity index (χ1v) is 9.26. The Morgan fingerprint density at radius 1 is 1.11 bits per heavy atom. The molecule has 4 nitrogen and oxygen atoms in total. The molecule has 18 heavy (non-hydrogen) atoms. The molecule has 0 radical (unpaired) electrons. The van der Waals surface area contributed by atoms with Crippen molar-refractivity contribution >= 4 is 26.0 Å². The van der Waals surface area contributed by atoms with E-state index in [1.165, 1.54) is 12.8 Å². The zero-order valence-corrected chi connectivity index (χ0v) is 13.0. The molecule has 2 fully saturated rings. The molecule has 2 rings (SSSR count). The minimum absolute atomic E-state index is 0.261. The molecule has 1 saturated heterocycles. The number of rotatable bonds is 4. The summed E-state index contributed by atoms with van der Waals surface area (Å²) in [5, 5.41) is -0.261. The molecule has 1 aliphatic heterocycles. The lowest BCUT2D eigenvalue weighted by atomic mass is 9.89. The van der Waals surface area contributed by atoms with Gasteiger partial charge in [0.15, 0.2) is 0 Å². The third-order valence-corrected chi connectivity index (χ3v) is 7.09. The smallest absolute Gasteiger partial charge is 0.214 e. The maximum absolute atomic E-state index is 12.2. The largest absolute Gasteiger partial charge is 0.381 e. The Morgan fingerprint density at radius 3 is 2.44 bits per heavy atom. The van der Waals surface area contributed by atoms with Gasteiger partial charge in [-0.25, -0.2) is 13.1 Å². The average molecular weight is 340 g/mol. The standard InChI is InChI=1S/C12H22BrNO3S/c13-12-4-2-1-3-10(12)9-14-18(15,16)11-5-7-17-8-6-11/h10-12,14H,1-9H2. The Bertz CT molecular complexity index is 354. The molecule has 2 unspecified atom stereocenters. The lowest BCUT2D eigenvalue weighted by Gasteiger charge is -2.29. The molecule has 0 aromatic rings. The number of hydrogen-bond acceptors (Lipinski definition) is 3. The van der Waals surface area contributed by atoms with E-state index in [9.17, 15) is 8.42 Å². The highest BCUT2D eigenvalue weighted by molar-refractivity contribution is 9.09. The van der Waals surface area contributed by atoms with E-state index in [0.29, 0.717) is 43.3 Å². The second-order valence-corrected chi connectivity index (χ2v) is 8.49. The van der Waals surface area contributed by atoms with Gasteiger partial charge in [-0.15, -0.1) is 0 Å². The van der Waals surface area contributed by atoms with E-state index >= 15 is 0 Å². The van der Waals surface area contributed by atoms with Gasteiger partial charge in [-0.2, -0.15) is 0 Å². The van der Waals surface area contributed by atoms with Crippen molar-refractivity contribution in [2.24, 2.45) is 5.92 Å². The van der Waals surface area contributed by atoms with E-state index < -0.39 is 10.0 Å². The van der Waals surface area contributed by atoms with Crippen molar-refractivity contribution in [1.29, 1.82) is 0 Å². The summed E-state index contributed by atoms with van der Waals surface area (Å²) in [7, 11) is -3.16. The zero-order valence-electron chi connectivity index (χ0n) is 10.6. The second-order valence-electron chi connectivity index (χ2n) is 5.27. The fourth-order valence-electron chi connectivity index (χ4n) is 2.72. The van der Waals surface area contributed by atoms with Gasteiger partial charge in [-0.1, -0.05) is 28.8 Å². The maximum Gasteiger partial charge on any atom is 0.214 e. The Morgan fingerprint density at radius 2 is 1.78 bits per heavy atom. The van der Waals surface area contributed by atoms with E-state index in [-0.39, 0.29) is 5.25 Å². The molecule has 2 aliphatic rings. The quantitative estimate of drug-likeness (QED) is 0.797. The van der Waals surface area contributed by atoms with Crippen LogP contribution in [-0.2, 0) is 14.8 Å². The van der Waals surface area contributed by atoms with Crippen LogP contribution in [0, 0.1) is 5.92 Å². The van der Waals surface area contributed by atoms with Crippen molar-refractivity contribution in [1.82, 2.24) is 4.72 Å². The van der Waals surface area contributed by atoms with Crippen LogP contribution in [0.15, 0.2) is 0 Å². The van der Waals surface area contributed by atoms with Crippen LogP contribution in [0.4, 0.5) is 0 Å². The highest BCUT2D eigenvalue weighted by Gasteiger charge is 2.29. The Hall–Kier alpha value is 0.350. The number of ether oxygens (including phenoxy) is 1. The average Bonchev–Trinajstić information content (AvgIpc) is 2.39. The van der Waals surface area contributed by atoms with Crippen molar-refractivity contribution in [2.75, 3.05) is 19.8 Å². The van der Waals surface area contributed by atoms with E-state index in [1.807, 2.05) is 0 Å². The highest BCUT2D eigenvalue weighted by atomic mass is 79.9. The van der Waals surface area contributed by atoms with Gasteiger partial charge >= 0.3 is 0 Å². The topological polar surface area (TPSA) is 55.4 Å². The Balaban J connectivity index is 1.84. The molecule has 0 amide bonds. The predicted octanol–water partition coefficient (Wildman–Crippen LogP) is 2.04. The lowest BCUT2D eigenvalue weighted by Crippen LogP contribution is -2.41. The molecule has 106 valence electrons. The van der Waals surface area contributed by atoms with Crippen molar-refractivity contribution in [3.05, 3.63) is 0 Å². The number of nitrogens with one attached hydrogen (secondary N) is 1. The summed E-state index contributed by atoms with van der Waals surface area (Å²) in [5.74, 6) is 0.438. The maximum atomic E-state index is 12.2. The molecule has 0 bridgehead atoms. The summed E-state index contributed by atoms with van der Waals surface area (Å²) >= 11 is 3.66. The number of halogens is 1. The van der Waals surface area contributed by atoms with Gasteiger partial charge in [-0.3, -0.25) is 0 Å². The normalized spacial score (nSPS) is 31.4. The van der Waals surface area contributed by atoms with Crippen LogP contribution in [-0.4, -0.2) is 38.3 Å². The van der Waals surface area contributed by atoms with Gasteiger partial charge in [0.05, 0.1) is 5.25 Å². The molecule has 6 heteroatoms. The van der Waals surface area contributed by atoms with Gasteiger partial charge in [0, 0.05) is 24.6 Å². The van der Waals surface area contributed by atoms with Crippen molar-refractivity contribution < 1.29 is 13.2 Å². The van der Waals surface area contributed by atoms with Gasteiger partial charge in [0.25, 0.3) is 0 Å². The van der Waals surface area contributed by atoms with Gasteiger partial charge in [-0.05, 0) is 31.6 Å². The fourth-order valence-corrected chi connectivity index (χ4v) is 4.99. The first-order chi connectivity index (χ1) is 8.59. The molecular formula is C12H22BrNO3S. The molecule has 0 aromatic carbocycles. The molecule has 1 N–H and O–H groups in total. The highest BCUT2D eigenvalue weighted by Crippen LogP contribution is 2.29. The summed E-state index contributed by atoms with van der Waals surface area (Å²) < 4.78 is 32.3.